The van der Waals surface area contributed by atoms with Crippen LogP contribution in [0.2, 0.25) is 5.02 Å². The van der Waals surface area contributed by atoms with Gasteiger partial charge in [0, 0.05) is 48.8 Å². The van der Waals surface area contributed by atoms with Gasteiger partial charge < -0.3 is 15.1 Å². The van der Waals surface area contributed by atoms with Gasteiger partial charge in [-0.2, -0.15) is 0 Å². The molecule has 1 saturated heterocycles. The number of amides is 1. The summed E-state index contributed by atoms with van der Waals surface area (Å²) in [7, 11) is 0. The molecule has 3 aromatic rings. The lowest BCUT2D eigenvalue weighted by Gasteiger charge is -2.36. The zero-order valence-corrected chi connectivity index (χ0v) is 17.8. The molecule has 0 saturated carbocycles. The number of nitrogens with zero attached hydrogens (tertiary/aromatic N) is 3. The molecule has 0 bridgehead atoms. The molecule has 2 aromatic carbocycles. The van der Waals surface area contributed by atoms with Gasteiger partial charge in [0.15, 0.2) is 5.13 Å². The molecule has 2 heterocycles. The summed E-state index contributed by atoms with van der Waals surface area (Å²) in [4.78, 5) is 21.6. The molecular formula is C22H23ClN4OS. The molecular weight excluding hydrogens is 404 g/mol. The third-order valence-electron chi connectivity index (χ3n) is 4.98. The topological polar surface area (TPSA) is 48.5 Å². The van der Waals surface area contributed by atoms with Crippen LogP contribution in [0.1, 0.15) is 21.6 Å². The van der Waals surface area contributed by atoms with Crippen LogP contribution in [0.4, 0.5) is 10.8 Å². The van der Waals surface area contributed by atoms with Gasteiger partial charge in [-0.1, -0.05) is 47.5 Å². The largest absolute Gasteiger partial charge is 0.368 e. The van der Waals surface area contributed by atoms with Crippen LogP contribution in [-0.4, -0.2) is 37.1 Å². The quantitative estimate of drug-likeness (QED) is 0.658. The average molecular weight is 427 g/mol. The lowest BCUT2D eigenvalue weighted by molar-refractivity contribution is 0.0946. The molecule has 1 fully saturated rings. The number of aryl methyl sites for hydroxylation is 1. The highest BCUT2D eigenvalue weighted by Gasteiger charge is 2.21. The molecule has 1 aliphatic heterocycles. The van der Waals surface area contributed by atoms with Crippen LogP contribution in [0.3, 0.4) is 0 Å². The molecule has 150 valence electrons. The van der Waals surface area contributed by atoms with Crippen LogP contribution in [-0.2, 0) is 6.54 Å². The summed E-state index contributed by atoms with van der Waals surface area (Å²) in [5.74, 6) is -0.133. The summed E-state index contributed by atoms with van der Waals surface area (Å²) in [5.41, 5.74) is 3.90. The highest BCUT2D eigenvalue weighted by atomic mass is 35.5. The monoisotopic (exact) mass is 426 g/mol. The Bertz CT molecular complexity index is 998. The van der Waals surface area contributed by atoms with E-state index in [2.05, 4.69) is 32.2 Å². The van der Waals surface area contributed by atoms with E-state index in [1.165, 1.54) is 16.9 Å². The molecule has 1 aromatic heterocycles. The van der Waals surface area contributed by atoms with E-state index in [1.54, 1.807) is 0 Å². The third kappa shape index (κ3) is 4.89. The third-order valence-corrected chi connectivity index (χ3v) is 6.12. The smallest absolute Gasteiger partial charge is 0.271 e. The van der Waals surface area contributed by atoms with Crippen molar-refractivity contribution in [3.63, 3.8) is 0 Å². The second kappa shape index (κ2) is 8.84. The van der Waals surface area contributed by atoms with Gasteiger partial charge in [-0.25, -0.2) is 4.98 Å². The normalized spacial score (nSPS) is 14.1. The molecule has 0 spiro atoms. The van der Waals surface area contributed by atoms with Crippen molar-refractivity contribution in [1.29, 1.82) is 0 Å². The van der Waals surface area contributed by atoms with Crippen LogP contribution >= 0.6 is 22.9 Å². The summed E-state index contributed by atoms with van der Waals surface area (Å²) in [6.07, 6.45) is 0. The Kier molecular flexibility index (Phi) is 6.02. The number of nitrogens with one attached hydrogen (secondary N) is 1. The fourth-order valence-corrected chi connectivity index (χ4v) is 4.48. The maximum Gasteiger partial charge on any atom is 0.271 e. The van der Waals surface area contributed by atoms with E-state index >= 15 is 0 Å². The molecule has 0 unspecified atom stereocenters. The van der Waals surface area contributed by atoms with E-state index in [0.29, 0.717) is 12.2 Å². The minimum Gasteiger partial charge on any atom is -0.368 e. The number of rotatable bonds is 5. The molecule has 29 heavy (non-hydrogen) atoms. The number of carbonyl (C=O) groups is 1. The summed E-state index contributed by atoms with van der Waals surface area (Å²) >= 11 is 7.63. The Morgan fingerprint density at radius 3 is 2.62 bits per heavy atom. The Morgan fingerprint density at radius 2 is 1.86 bits per heavy atom. The molecule has 5 nitrogen and oxygen atoms in total. The van der Waals surface area contributed by atoms with E-state index in [1.807, 2.05) is 48.7 Å². The summed E-state index contributed by atoms with van der Waals surface area (Å²) in [6, 6.07) is 16.1. The second-order valence-electron chi connectivity index (χ2n) is 7.14. The fourth-order valence-electron chi connectivity index (χ4n) is 3.44. The van der Waals surface area contributed by atoms with Gasteiger partial charge in [0.1, 0.15) is 5.69 Å². The van der Waals surface area contributed by atoms with Crippen LogP contribution < -0.4 is 15.1 Å². The average Bonchev–Trinajstić information content (AvgIpc) is 3.23. The number of anilines is 2. The van der Waals surface area contributed by atoms with Crippen LogP contribution in [0, 0.1) is 6.92 Å². The predicted molar refractivity (Wildman–Crippen MR) is 120 cm³/mol. The fraction of sp³-hybridized carbons (Fsp3) is 0.273. The van der Waals surface area contributed by atoms with Crippen molar-refractivity contribution in [2.45, 2.75) is 13.5 Å². The number of hydrogen-bond donors (Lipinski definition) is 1. The Hall–Kier alpha value is -2.57. The number of halogens is 1. The van der Waals surface area contributed by atoms with Crippen LogP contribution in [0.15, 0.2) is 53.9 Å². The molecule has 1 aliphatic rings. The first-order valence-corrected chi connectivity index (χ1v) is 10.9. The van der Waals surface area contributed by atoms with Crippen molar-refractivity contribution in [3.8, 4) is 0 Å². The lowest BCUT2D eigenvalue weighted by atomic mass is 10.1. The molecule has 0 atom stereocenters. The van der Waals surface area contributed by atoms with Gasteiger partial charge >= 0.3 is 0 Å². The van der Waals surface area contributed by atoms with E-state index in [0.717, 1.165) is 47.6 Å². The SMILES string of the molecule is Cc1cccc(CNC(=O)c2csc(N3CCN(c4cccc(Cl)c4)CC3)n2)c1. The number of thiazole rings is 1. The first-order valence-electron chi connectivity index (χ1n) is 9.63. The predicted octanol–water partition coefficient (Wildman–Crippen LogP) is 4.36. The van der Waals surface area contributed by atoms with Gasteiger partial charge in [0.05, 0.1) is 0 Å². The van der Waals surface area contributed by atoms with Crippen molar-refractivity contribution in [2.24, 2.45) is 0 Å². The zero-order chi connectivity index (χ0) is 20.2. The number of hydrogen-bond acceptors (Lipinski definition) is 5. The molecule has 1 amide bonds. The van der Waals surface area contributed by atoms with Crippen molar-refractivity contribution in [2.75, 3.05) is 36.0 Å². The van der Waals surface area contributed by atoms with Crippen molar-refractivity contribution < 1.29 is 4.79 Å². The number of piperazine rings is 1. The van der Waals surface area contributed by atoms with Gasteiger partial charge in [0.2, 0.25) is 0 Å². The number of aromatic nitrogens is 1. The van der Waals surface area contributed by atoms with Gasteiger partial charge in [-0.15, -0.1) is 11.3 Å². The zero-order valence-electron chi connectivity index (χ0n) is 16.3. The van der Waals surface area contributed by atoms with Crippen molar-refractivity contribution in [3.05, 3.63) is 75.8 Å². The van der Waals surface area contributed by atoms with Crippen molar-refractivity contribution in [1.82, 2.24) is 10.3 Å². The van der Waals surface area contributed by atoms with E-state index < -0.39 is 0 Å². The second-order valence-corrected chi connectivity index (χ2v) is 8.41. The summed E-state index contributed by atoms with van der Waals surface area (Å²) < 4.78 is 0. The highest BCUT2D eigenvalue weighted by molar-refractivity contribution is 7.13. The molecule has 0 aliphatic carbocycles. The molecule has 4 rings (SSSR count). The van der Waals surface area contributed by atoms with E-state index in [4.69, 9.17) is 11.6 Å². The van der Waals surface area contributed by atoms with Crippen LogP contribution in [0.5, 0.6) is 0 Å². The number of benzene rings is 2. The van der Waals surface area contributed by atoms with Gasteiger partial charge in [-0.05, 0) is 30.7 Å². The number of carbonyl (C=O) groups excluding carboxylic acids is 1. The highest BCUT2D eigenvalue weighted by Crippen LogP contribution is 2.25. The lowest BCUT2D eigenvalue weighted by Crippen LogP contribution is -2.46. The summed E-state index contributed by atoms with van der Waals surface area (Å²) in [5, 5.41) is 6.45. The summed E-state index contributed by atoms with van der Waals surface area (Å²) in [6.45, 7) is 6.08. The standard InChI is InChI=1S/C22H23ClN4OS/c1-16-4-2-5-17(12-16)14-24-21(28)20-15-29-22(25-20)27-10-8-26(9-11-27)19-7-3-6-18(23)13-19/h2-7,12-13,15H,8-11,14H2,1H3,(H,24,28). The van der Waals surface area contributed by atoms with Gasteiger partial charge in [0.25, 0.3) is 5.91 Å². The van der Waals surface area contributed by atoms with Gasteiger partial charge in [-0.3, -0.25) is 4.79 Å². The maximum absolute atomic E-state index is 12.5. The molecule has 1 N–H and O–H groups in total. The van der Waals surface area contributed by atoms with E-state index in [-0.39, 0.29) is 5.91 Å². The molecule has 0 radical (unpaired) electrons. The van der Waals surface area contributed by atoms with E-state index in [9.17, 15) is 4.79 Å². The Morgan fingerprint density at radius 1 is 1.10 bits per heavy atom. The Labute approximate surface area is 179 Å². The molecule has 7 heteroatoms. The van der Waals surface area contributed by atoms with Crippen LogP contribution in [0.25, 0.3) is 0 Å². The maximum atomic E-state index is 12.5. The van der Waals surface area contributed by atoms with Crippen molar-refractivity contribution >= 4 is 39.7 Å². The minimum atomic E-state index is -0.133. The Balaban J connectivity index is 1.32. The minimum absolute atomic E-state index is 0.133. The first kappa shape index (κ1) is 19.7. The first-order chi connectivity index (χ1) is 14.1.